The number of hydrogen-bond donors (Lipinski definition) is 2. The molecule has 2 nitrogen and oxygen atoms in total. The van der Waals surface area contributed by atoms with Gasteiger partial charge in [0.15, 0.2) is 11.6 Å². The van der Waals surface area contributed by atoms with Crippen LogP contribution in [0.3, 0.4) is 0 Å². The van der Waals surface area contributed by atoms with Gasteiger partial charge in [-0.15, -0.1) is 12.4 Å². The molecule has 1 aromatic carbocycles. The molecule has 0 aliphatic carbocycles. The van der Waals surface area contributed by atoms with Gasteiger partial charge >= 0.3 is 6.18 Å². The van der Waals surface area contributed by atoms with E-state index in [0.717, 1.165) is 18.2 Å². The Bertz CT molecular complexity index is 398. The summed E-state index contributed by atoms with van der Waals surface area (Å²) < 4.78 is 62.2. The average Bonchev–Trinajstić information content (AvgIpc) is 2.20. The van der Waals surface area contributed by atoms with E-state index in [0.29, 0.717) is 0 Å². The van der Waals surface area contributed by atoms with E-state index in [-0.39, 0.29) is 12.4 Å². The van der Waals surface area contributed by atoms with Gasteiger partial charge in [0.25, 0.3) is 0 Å². The Morgan fingerprint density at radius 2 is 1.78 bits per heavy atom. The average molecular weight is 292 g/mol. The number of aliphatic hydroxyl groups is 1. The molecule has 0 bridgehead atoms. The standard InChI is InChI=1S/C10H10F5NO.ClH/c11-6-3-1-2-5(9(6)12)7(17)4-8(16)10(13,14)15;/h1-3,7-8,17H,4,16H2;1H/t7-,8+;/m1./s1. The van der Waals surface area contributed by atoms with Crippen LogP contribution in [0.2, 0.25) is 0 Å². The maximum atomic E-state index is 13.1. The van der Waals surface area contributed by atoms with Gasteiger partial charge in [-0.25, -0.2) is 8.78 Å². The highest BCUT2D eigenvalue weighted by atomic mass is 35.5. The van der Waals surface area contributed by atoms with Crippen LogP contribution in [-0.4, -0.2) is 17.3 Å². The van der Waals surface area contributed by atoms with Gasteiger partial charge in [-0.1, -0.05) is 12.1 Å². The Morgan fingerprint density at radius 1 is 1.22 bits per heavy atom. The minimum atomic E-state index is -4.69. The van der Waals surface area contributed by atoms with Crippen molar-refractivity contribution in [3.63, 3.8) is 0 Å². The van der Waals surface area contributed by atoms with Crippen LogP contribution in [0.1, 0.15) is 18.1 Å². The number of benzene rings is 1. The molecule has 0 amide bonds. The molecule has 0 aliphatic rings. The number of halogens is 6. The molecule has 0 aromatic heterocycles. The fourth-order valence-electron chi connectivity index (χ4n) is 1.28. The number of alkyl halides is 3. The summed E-state index contributed by atoms with van der Waals surface area (Å²) in [7, 11) is 0. The third-order valence-electron chi connectivity index (χ3n) is 2.24. The minimum Gasteiger partial charge on any atom is -0.388 e. The fourth-order valence-corrected chi connectivity index (χ4v) is 1.28. The van der Waals surface area contributed by atoms with E-state index < -0.39 is 41.9 Å². The molecule has 1 aromatic rings. The highest BCUT2D eigenvalue weighted by Crippen LogP contribution is 2.28. The molecule has 2 atom stereocenters. The Morgan fingerprint density at radius 3 is 2.28 bits per heavy atom. The highest BCUT2D eigenvalue weighted by Gasteiger charge is 2.38. The molecule has 0 aliphatic heterocycles. The molecule has 0 radical (unpaired) electrons. The zero-order valence-corrected chi connectivity index (χ0v) is 9.73. The van der Waals surface area contributed by atoms with Crippen molar-refractivity contribution in [2.45, 2.75) is 24.7 Å². The van der Waals surface area contributed by atoms with Gasteiger partial charge in [-0.3, -0.25) is 0 Å². The van der Waals surface area contributed by atoms with E-state index in [1.807, 2.05) is 0 Å². The Kier molecular flexibility index (Phi) is 5.98. The predicted octanol–water partition coefficient (Wildman–Crippen LogP) is 2.70. The van der Waals surface area contributed by atoms with Crippen LogP contribution in [0.15, 0.2) is 18.2 Å². The summed E-state index contributed by atoms with van der Waals surface area (Å²) in [5.41, 5.74) is 4.24. The maximum Gasteiger partial charge on any atom is 0.403 e. The van der Waals surface area contributed by atoms with Crippen molar-refractivity contribution in [1.29, 1.82) is 0 Å². The summed E-state index contributed by atoms with van der Waals surface area (Å²) >= 11 is 0. The van der Waals surface area contributed by atoms with Crippen molar-refractivity contribution in [2.24, 2.45) is 5.73 Å². The summed E-state index contributed by atoms with van der Waals surface area (Å²) in [6, 6.07) is 0.609. The van der Waals surface area contributed by atoms with Crippen LogP contribution in [0.4, 0.5) is 22.0 Å². The smallest absolute Gasteiger partial charge is 0.388 e. The number of nitrogens with two attached hydrogens (primary N) is 1. The number of hydrogen-bond acceptors (Lipinski definition) is 2. The number of rotatable bonds is 3. The Balaban J connectivity index is 0.00000289. The van der Waals surface area contributed by atoms with Crippen LogP contribution in [0.25, 0.3) is 0 Å². The first-order valence-corrected chi connectivity index (χ1v) is 4.67. The minimum absolute atomic E-state index is 0. The Hall–Kier alpha value is -0.920. The predicted molar refractivity (Wildman–Crippen MR) is 57.2 cm³/mol. The summed E-state index contributed by atoms with van der Waals surface area (Å²) in [4.78, 5) is 0. The van der Waals surface area contributed by atoms with Gasteiger partial charge in [-0.2, -0.15) is 13.2 Å². The zero-order valence-electron chi connectivity index (χ0n) is 8.92. The van der Waals surface area contributed by atoms with E-state index in [1.54, 1.807) is 0 Å². The van der Waals surface area contributed by atoms with Gasteiger partial charge in [0, 0.05) is 12.0 Å². The molecule has 0 spiro atoms. The first-order chi connectivity index (χ1) is 7.73. The normalized spacial score (nSPS) is 14.8. The zero-order chi connectivity index (χ0) is 13.2. The van der Waals surface area contributed by atoms with E-state index >= 15 is 0 Å². The van der Waals surface area contributed by atoms with Gasteiger partial charge in [0.1, 0.15) is 6.04 Å². The second-order valence-electron chi connectivity index (χ2n) is 3.54. The maximum absolute atomic E-state index is 13.1. The first kappa shape index (κ1) is 17.1. The lowest BCUT2D eigenvalue weighted by Crippen LogP contribution is -2.38. The lowest BCUT2D eigenvalue weighted by molar-refractivity contribution is -0.154. The van der Waals surface area contributed by atoms with Crippen LogP contribution < -0.4 is 5.73 Å². The van der Waals surface area contributed by atoms with Crippen molar-refractivity contribution in [1.82, 2.24) is 0 Å². The summed E-state index contributed by atoms with van der Waals surface area (Å²) in [5, 5.41) is 9.37. The Labute approximate surface area is 106 Å². The molecule has 18 heavy (non-hydrogen) atoms. The molecular formula is C10H11ClF5NO. The van der Waals surface area contributed by atoms with Crippen LogP contribution in [0, 0.1) is 11.6 Å². The molecule has 3 N–H and O–H groups in total. The van der Waals surface area contributed by atoms with E-state index in [4.69, 9.17) is 5.73 Å². The first-order valence-electron chi connectivity index (χ1n) is 4.67. The molecule has 0 saturated carbocycles. The van der Waals surface area contributed by atoms with Crippen molar-refractivity contribution in [3.05, 3.63) is 35.4 Å². The van der Waals surface area contributed by atoms with Gasteiger partial charge in [0.05, 0.1) is 6.10 Å². The van der Waals surface area contributed by atoms with Gasteiger partial charge in [-0.05, 0) is 6.07 Å². The summed E-state index contributed by atoms with van der Waals surface area (Å²) in [6.45, 7) is 0. The molecule has 0 heterocycles. The van der Waals surface area contributed by atoms with E-state index in [9.17, 15) is 27.1 Å². The van der Waals surface area contributed by atoms with Crippen molar-refractivity contribution in [2.75, 3.05) is 0 Å². The SMILES string of the molecule is Cl.N[C@@H](C[C@@H](O)c1cccc(F)c1F)C(F)(F)F. The third-order valence-corrected chi connectivity index (χ3v) is 2.24. The highest BCUT2D eigenvalue weighted by molar-refractivity contribution is 5.85. The second kappa shape index (κ2) is 6.31. The summed E-state index contributed by atoms with van der Waals surface area (Å²) in [5.74, 6) is -2.60. The van der Waals surface area contributed by atoms with E-state index in [2.05, 4.69) is 0 Å². The van der Waals surface area contributed by atoms with Crippen molar-refractivity contribution in [3.8, 4) is 0 Å². The molecule has 0 saturated heterocycles. The topological polar surface area (TPSA) is 46.2 Å². The molecule has 1 rings (SSSR count). The van der Waals surface area contributed by atoms with E-state index in [1.165, 1.54) is 0 Å². The van der Waals surface area contributed by atoms with Crippen LogP contribution in [0.5, 0.6) is 0 Å². The fraction of sp³-hybridized carbons (Fsp3) is 0.400. The monoisotopic (exact) mass is 291 g/mol. The molecular weight excluding hydrogens is 281 g/mol. The lowest BCUT2D eigenvalue weighted by atomic mass is 10.0. The van der Waals surface area contributed by atoms with Crippen LogP contribution in [-0.2, 0) is 0 Å². The molecule has 0 unspecified atom stereocenters. The number of aliphatic hydroxyl groups excluding tert-OH is 1. The molecule has 8 heteroatoms. The van der Waals surface area contributed by atoms with Crippen molar-refractivity contribution < 1.29 is 27.1 Å². The summed E-state index contributed by atoms with van der Waals surface area (Å²) in [6.07, 6.45) is -7.42. The van der Waals surface area contributed by atoms with Gasteiger partial charge < -0.3 is 10.8 Å². The largest absolute Gasteiger partial charge is 0.403 e. The second-order valence-corrected chi connectivity index (χ2v) is 3.54. The third kappa shape index (κ3) is 4.08. The molecule has 0 fully saturated rings. The van der Waals surface area contributed by atoms with Crippen molar-refractivity contribution >= 4 is 12.4 Å². The lowest BCUT2D eigenvalue weighted by Gasteiger charge is -2.19. The van der Waals surface area contributed by atoms with Crippen LogP contribution >= 0.6 is 12.4 Å². The van der Waals surface area contributed by atoms with Gasteiger partial charge in [0.2, 0.25) is 0 Å². The quantitative estimate of drug-likeness (QED) is 0.841. The molecule has 104 valence electrons.